The molecule has 0 spiro atoms. The highest BCUT2D eigenvalue weighted by Gasteiger charge is 2.38. The molecule has 0 saturated heterocycles. The smallest absolute Gasteiger partial charge is 0.377 e. The molecule has 0 amide bonds. The first kappa shape index (κ1) is 8.82. The Balaban J connectivity index is 2.80. The van der Waals surface area contributed by atoms with Gasteiger partial charge in [-0.3, -0.25) is 0 Å². The van der Waals surface area contributed by atoms with Gasteiger partial charge in [0.15, 0.2) is 11.9 Å². The van der Waals surface area contributed by atoms with Crippen molar-refractivity contribution in [2.45, 2.75) is 12.2 Å². The van der Waals surface area contributed by atoms with Gasteiger partial charge in [-0.2, -0.15) is 0 Å². The predicted molar refractivity (Wildman–Crippen MR) is 35.3 cm³/mol. The van der Waals surface area contributed by atoms with Gasteiger partial charge in [0, 0.05) is 0 Å². The summed E-state index contributed by atoms with van der Waals surface area (Å²) >= 11 is 0. The molecule has 0 radical (unpaired) electrons. The Morgan fingerprint density at radius 2 is 2.08 bits per heavy atom. The lowest BCUT2D eigenvalue weighted by Gasteiger charge is -2.13. The first-order valence-electron chi connectivity index (χ1n) is 3.20. The normalized spacial score (nSPS) is 25.8. The molecule has 0 aromatic carbocycles. The van der Waals surface area contributed by atoms with Crippen molar-refractivity contribution in [1.29, 1.82) is 0 Å². The molecule has 0 fully saturated rings. The van der Waals surface area contributed by atoms with Crippen molar-refractivity contribution in [2.75, 3.05) is 6.61 Å². The summed E-state index contributed by atoms with van der Waals surface area (Å²) in [5, 5.41) is 35.0. The summed E-state index contributed by atoms with van der Waals surface area (Å²) in [6.07, 6.45) is -2.78. The molecule has 1 aliphatic heterocycles. The summed E-state index contributed by atoms with van der Waals surface area (Å²) in [6.45, 7) is -0.671. The first-order chi connectivity index (χ1) is 5.57. The van der Waals surface area contributed by atoms with Gasteiger partial charge in [0.05, 0.1) is 6.61 Å². The van der Waals surface area contributed by atoms with E-state index >= 15 is 0 Å². The minimum Gasteiger partial charge on any atom is -0.505 e. The first-order valence-corrected chi connectivity index (χ1v) is 3.20. The topological polar surface area (TPSA) is 107 Å². The van der Waals surface area contributed by atoms with Gasteiger partial charge in [0.25, 0.3) is 0 Å². The van der Waals surface area contributed by atoms with E-state index < -0.39 is 36.3 Å². The second-order valence-electron chi connectivity index (χ2n) is 2.31. The Morgan fingerprint density at radius 1 is 1.50 bits per heavy atom. The molecule has 12 heavy (non-hydrogen) atoms. The third kappa shape index (κ3) is 1.21. The van der Waals surface area contributed by atoms with Gasteiger partial charge in [-0.05, 0) is 0 Å². The fraction of sp³-hybridized carbons (Fsp3) is 0.500. The Bertz CT molecular complexity index is 232. The summed E-state index contributed by atoms with van der Waals surface area (Å²) in [7, 11) is 0. The lowest BCUT2D eigenvalue weighted by molar-refractivity contribution is -0.147. The average Bonchev–Trinajstić information content (AvgIpc) is 2.32. The van der Waals surface area contributed by atoms with Gasteiger partial charge in [-0.25, -0.2) is 4.79 Å². The van der Waals surface area contributed by atoms with Crippen LogP contribution in [0.4, 0.5) is 0 Å². The zero-order valence-electron chi connectivity index (χ0n) is 5.97. The molecule has 0 aliphatic carbocycles. The molecule has 6 nitrogen and oxygen atoms in total. The van der Waals surface area contributed by atoms with E-state index in [2.05, 4.69) is 4.74 Å². The molecule has 0 aromatic heterocycles. The molecular formula is C6H8O6. The number of carbonyl (C=O) groups excluding carboxylic acids is 1. The quantitative estimate of drug-likeness (QED) is 0.385. The fourth-order valence-electron chi connectivity index (χ4n) is 0.823. The molecule has 2 atom stereocenters. The molecular weight excluding hydrogens is 168 g/mol. The Kier molecular flexibility index (Phi) is 2.20. The van der Waals surface area contributed by atoms with Gasteiger partial charge in [0.2, 0.25) is 5.76 Å². The molecule has 1 aliphatic rings. The van der Waals surface area contributed by atoms with E-state index in [1.54, 1.807) is 0 Å². The standard InChI is InChI=1S/C6H8O6/c7-1-2(8)5-3(9)4(10)6(11)12-5/h2,5,7-10H,1H2/t2-,5?/m1/s1. The SMILES string of the molecule is O=C1OC([C@H](O)CO)C(O)=C1O. The molecule has 0 bridgehead atoms. The second-order valence-corrected chi connectivity index (χ2v) is 2.31. The van der Waals surface area contributed by atoms with Crippen LogP contribution in [-0.4, -0.2) is 45.2 Å². The molecule has 0 saturated carbocycles. The lowest BCUT2D eigenvalue weighted by Crippen LogP contribution is -2.31. The van der Waals surface area contributed by atoms with Gasteiger partial charge >= 0.3 is 5.97 Å². The van der Waals surface area contributed by atoms with E-state index in [1.165, 1.54) is 0 Å². The molecule has 1 rings (SSSR count). The Morgan fingerprint density at radius 3 is 2.42 bits per heavy atom. The number of hydrogen-bond acceptors (Lipinski definition) is 6. The summed E-state index contributed by atoms with van der Waals surface area (Å²) in [5.41, 5.74) is 0. The third-order valence-corrected chi connectivity index (χ3v) is 1.48. The lowest BCUT2D eigenvalue weighted by atomic mass is 10.2. The summed E-state index contributed by atoms with van der Waals surface area (Å²) in [5.74, 6) is -2.78. The summed E-state index contributed by atoms with van der Waals surface area (Å²) in [4.78, 5) is 10.5. The van der Waals surface area contributed by atoms with Gasteiger partial charge in [-0.15, -0.1) is 0 Å². The van der Waals surface area contributed by atoms with Crippen molar-refractivity contribution >= 4 is 5.97 Å². The van der Waals surface area contributed by atoms with Crippen molar-refractivity contribution in [3.8, 4) is 0 Å². The van der Waals surface area contributed by atoms with Gasteiger partial charge in [-0.1, -0.05) is 0 Å². The third-order valence-electron chi connectivity index (χ3n) is 1.48. The van der Waals surface area contributed by atoms with Crippen LogP contribution in [0.1, 0.15) is 0 Å². The van der Waals surface area contributed by atoms with Gasteiger partial charge < -0.3 is 25.2 Å². The molecule has 1 heterocycles. The Hall–Kier alpha value is -1.27. The molecule has 6 heteroatoms. The van der Waals surface area contributed by atoms with E-state index in [-0.39, 0.29) is 0 Å². The largest absolute Gasteiger partial charge is 0.505 e. The van der Waals surface area contributed by atoms with Crippen LogP contribution < -0.4 is 0 Å². The van der Waals surface area contributed by atoms with Crippen molar-refractivity contribution in [3.63, 3.8) is 0 Å². The molecule has 4 N–H and O–H groups in total. The minimum atomic E-state index is -1.42. The van der Waals surface area contributed by atoms with Crippen LogP contribution in [-0.2, 0) is 9.53 Å². The van der Waals surface area contributed by atoms with E-state index in [0.717, 1.165) is 0 Å². The summed E-state index contributed by atoms with van der Waals surface area (Å²) in [6, 6.07) is 0. The van der Waals surface area contributed by atoms with E-state index in [4.69, 9.17) is 20.4 Å². The van der Waals surface area contributed by atoms with E-state index in [0.29, 0.717) is 0 Å². The van der Waals surface area contributed by atoms with Crippen molar-refractivity contribution in [1.82, 2.24) is 0 Å². The number of carbonyl (C=O) groups is 1. The minimum absolute atomic E-state index is 0.671. The monoisotopic (exact) mass is 176 g/mol. The number of aliphatic hydroxyl groups is 4. The van der Waals surface area contributed by atoms with Crippen LogP contribution in [0.2, 0.25) is 0 Å². The average molecular weight is 176 g/mol. The number of esters is 1. The highest BCUT2D eigenvalue weighted by atomic mass is 16.6. The maximum atomic E-state index is 10.5. The Labute approximate surface area is 67.3 Å². The number of aliphatic hydroxyl groups excluding tert-OH is 4. The maximum absolute atomic E-state index is 10.5. The number of cyclic esters (lactones) is 1. The van der Waals surface area contributed by atoms with Crippen LogP contribution in [0, 0.1) is 0 Å². The van der Waals surface area contributed by atoms with Crippen molar-refractivity contribution < 1.29 is 30.0 Å². The van der Waals surface area contributed by atoms with E-state index in [1.807, 2.05) is 0 Å². The fourth-order valence-corrected chi connectivity index (χ4v) is 0.823. The zero-order chi connectivity index (χ0) is 9.30. The highest BCUT2D eigenvalue weighted by Crippen LogP contribution is 2.20. The predicted octanol–water partition coefficient (Wildman–Crippen LogP) is -1.41. The van der Waals surface area contributed by atoms with Crippen LogP contribution in [0.15, 0.2) is 11.5 Å². The van der Waals surface area contributed by atoms with Crippen LogP contribution in [0.25, 0.3) is 0 Å². The van der Waals surface area contributed by atoms with Crippen LogP contribution in [0.5, 0.6) is 0 Å². The van der Waals surface area contributed by atoms with Crippen molar-refractivity contribution in [2.24, 2.45) is 0 Å². The van der Waals surface area contributed by atoms with Crippen LogP contribution in [0.3, 0.4) is 0 Å². The molecule has 0 aromatic rings. The number of ether oxygens (including phenoxy) is 1. The number of hydrogen-bond donors (Lipinski definition) is 4. The zero-order valence-corrected chi connectivity index (χ0v) is 5.97. The van der Waals surface area contributed by atoms with Gasteiger partial charge in [0.1, 0.15) is 6.10 Å². The van der Waals surface area contributed by atoms with Crippen LogP contribution >= 0.6 is 0 Å². The van der Waals surface area contributed by atoms with Crippen molar-refractivity contribution in [3.05, 3.63) is 11.5 Å². The molecule has 68 valence electrons. The maximum Gasteiger partial charge on any atom is 0.377 e. The summed E-state index contributed by atoms with van der Waals surface area (Å²) < 4.78 is 4.32. The molecule has 1 unspecified atom stereocenters. The second kappa shape index (κ2) is 3.00. The van der Waals surface area contributed by atoms with E-state index in [9.17, 15) is 4.79 Å². The number of rotatable bonds is 2. The highest BCUT2D eigenvalue weighted by molar-refractivity contribution is 5.89.